The summed E-state index contributed by atoms with van der Waals surface area (Å²) in [5.41, 5.74) is 0.677. The van der Waals surface area contributed by atoms with Crippen LogP contribution in [0.2, 0.25) is 0 Å². The van der Waals surface area contributed by atoms with Crippen molar-refractivity contribution in [2.75, 3.05) is 18.1 Å². The Hall–Kier alpha value is -2.24. The molecule has 2 aromatic rings. The standard InChI is InChI=1S/C21H24N2O3/c24-13-11-16-8-3-4-12-22(16)19-14-20(25)23(21(19)26)18-10-5-7-15-6-1-2-9-17(15)18/h1-2,5-7,9-10,16,19,24H,3-4,8,11-14H2/t16-,19+/m1/s1. The van der Waals surface area contributed by atoms with Crippen molar-refractivity contribution in [3.05, 3.63) is 42.5 Å². The molecule has 0 aromatic heterocycles. The van der Waals surface area contributed by atoms with Crippen molar-refractivity contribution in [3.63, 3.8) is 0 Å². The van der Waals surface area contributed by atoms with Crippen molar-refractivity contribution in [1.82, 2.24) is 4.90 Å². The zero-order valence-corrected chi connectivity index (χ0v) is 14.8. The molecule has 26 heavy (non-hydrogen) atoms. The molecular weight excluding hydrogens is 328 g/mol. The van der Waals surface area contributed by atoms with Crippen LogP contribution in [-0.2, 0) is 9.59 Å². The highest BCUT2D eigenvalue weighted by molar-refractivity contribution is 6.25. The van der Waals surface area contributed by atoms with Crippen molar-refractivity contribution in [3.8, 4) is 0 Å². The number of aliphatic hydroxyl groups is 1. The molecule has 0 saturated carbocycles. The quantitative estimate of drug-likeness (QED) is 0.860. The van der Waals surface area contributed by atoms with Crippen LogP contribution < -0.4 is 4.90 Å². The average molecular weight is 352 g/mol. The smallest absolute Gasteiger partial charge is 0.251 e. The second-order valence-electron chi connectivity index (χ2n) is 7.19. The number of imide groups is 1. The lowest BCUT2D eigenvalue weighted by molar-refractivity contribution is -0.123. The monoisotopic (exact) mass is 352 g/mol. The molecule has 2 aliphatic heterocycles. The fourth-order valence-electron chi connectivity index (χ4n) is 4.42. The number of likely N-dealkylation sites (tertiary alicyclic amines) is 1. The van der Waals surface area contributed by atoms with Crippen LogP contribution in [0.1, 0.15) is 32.1 Å². The van der Waals surface area contributed by atoms with Gasteiger partial charge >= 0.3 is 0 Å². The maximum absolute atomic E-state index is 13.2. The molecule has 136 valence electrons. The van der Waals surface area contributed by atoms with Crippen molar-refractivity contribution in [1.29, 1.82) is 0 Å². The Labute approximate surface area is 153 Å². The Morgan fingerprint density at radius 1 is 1.04 bits per heavy atom. The number of carbonyl (C=O) groups is 2. The summed E-state index contributed by atoms with van der Waals surface area (Å²) in [4.78, 5) is 29.5. The topological polar surface area (TPSA) is 60.9 Å². The zero-order valence-electron chi connectivity index (χ0n) is 14.8. The van der Waals surface area contributed by atoms with Gasteiger partial charge in [-0.2, -0.15) is 0 Å². The molecule has 0 bridgehead atoms. The molecular formula is C21H24N2O3. The van der Waals surface area contributed by atoms with E-state index in [1.165, 1.54) is 4.90 Å². The molecule has 4 rings (SSSR count). The number of aliphatic hydroxyl groups excluding tert-OH is 1. The zero-order chi connectivity index (χ0) is 18.1. The second-order valence-corrected chi connectivity index (χ2v) is 7.19. The Balaban J connectivity index is 1.67. The van der Waals surface area contributed by atoms with E-state index in [2.05, 4.69) is 4.90 Å². The van der Waals surface area contributed by atoms with Crippen LogP contribution in [0.25, 0.3) is 10.8 Å². The van der Waals surface area contributed by atoms with Gasteiger partial charge in [0.2, 0.25) is 5.91 Å². The van der Waals surface area contributed by atoms with Crippen LogP contribution >= 0.6 is 0 Å². The van der Waals surface area contributed by atoms with Gasteiger partial charge in [0.1, 0.15) is 0 Å². The molecule has 2 aliphatic rings. The van der Waals surface area contributed by atoms with Crippen molar-refractivity contribution < 1.29 is 14.7 Å². The molecule has 1 N–H and O–H groups in total. The van der Waals surface area contributed by atoms with E-state index in [-0.39, 0.29) is 30.9 Å². The third-order valence-electron chi connectivity index (χ3n) is 5.67. The molecule has 2 atom stereocenters. The largest absolute Gasteiger partial charge is 0.396 e. The number of amides is 2. The first-order valence-corrected chi connectivity index (χ1v) is 9.42. The molecule has 2 saturated heterocycles. The predicted octanol–water partition coefficient (Wildman–Crippen LogP) is 2.71. The van der Waals surface area contributed by atoms with E-state index in [1.54, 1.807) is 0 Å². The Bertz CT molecular complexity index is 828. The maximum atomic E-state index is 13.2. The predicted molar refractivity (Wildman–Crippen MR) is 101 cm³/mol. The van der Waals surface area contributed by atoms with E-state index in [1.807, 2.05) is 42.5 Å². The molecule has 0 radical (unpaired) electrons. The summed E-state index contributed by atoms with van der Waals surface area (Å²) in [6, 6.07) is 13.3. The number of anilines is 1. The van der Waals surface area contributed by atoms with Gasteiger partial charge in [-0.05, 0) is 37.3 Å². The second kappa shape index (κ2) is 7.17. The molecule has 0 spiro atoms. The number of nitrogens with zero attached hydrogens (tertiary/aromatic N) is 2. The van der Waals surface area contributed by atoms with Crippen LogP contribution in [0.3, 0.4) is 0 Å². The first-order valence-electron chi connectivity index (χ1n) is 9.42. The van der Waals surface area contributed by atoms with Gasteiger partial charge < -0.3 is 5.11 Å². The number of hydrogen-bond acceptors (Lipinski definition) is 4. The third-order valence-corrected chi connectivity index (χ3v) is 5.67. The number of piperidine rings is 1. The minimum atomic E-state index is -0.404. The van der Waals surface area contributed by atoms with E-state index in [0.29, 0.717) is 12.1 Å². The lowest BCUT2D eigenvalue weighted by Crippen LogP contribution is -2.50. The highest BCUT2D eigenvalue weighted by Crippen LogP contribution is 2.34. The molecule has 5 nitrogen and oxygen atoms in total. The molecule has 2 aromatic carbocycles. The van der Waals surface area contributed by atoms with Gasteiger partial charge in [-0.3, -0.25) is 14.5 Å². The van der Waals surface area contributed by atoms with Crippen molar-refractivity contribution in [2.24, 2.45) is 0 Å². The molecule has 0 aliphatic carbocycles. The molecule has 5 heteroatoms. The van der Waals surface area contributed by atoms with E-state index in [0.717, 1.165) is 36.6 Å². The summed E-state index contributed by atoms with van der Waals surface area (Å²) in [7, 11) is 0. The minimum absolute atomic E-state index is 0.114. The number of benzene rings is 2. The normalized spacial score (nSPS) is 24.6. The summed E-state index contributed by atoms with van der Waals surface area (Å²) >= 11 is 0. The van der Waals surface area contributed by atoms with Gasteiger partial charge in [0.15, 0.2) is 0 Å². The van der Waals surface area contributed by atoms with Gasteiger partial charge in [0.05, 0.1) is 18.2 Å². The Morgan fingerprint density at radius 3 is 2.69 bits per heavy atom. The molecule has 0 unspecified atom stereocenters. The fourth-order valence-corrected chi connectivity index (χ4v) is 4.42. The van der Waals surface area contributed by atoms with E-state index < -0.39 is 6.04 Å². The van der Waals surface area contributed by atoms with Gasteiger partial charge in [-0.1, -0.05) is 42.8 Å². The molecule has 2 fully saturated rings. The first kappa shape index (κ1) is 17.2. The van der Waals surface area contributed by atoms with Crippen LogP contribution in [-0.4, -0.2) is 47.1 Å². The van der Waals surface area contributed by atoms with E-state index >= 15 is 0 Å². The van der Waals surface area contributed by atoms with Crippen LogP contribution in [0, 0.1) is 0 Å². The molecule has 2 amide bonds. The van der Waals surface area contributed by atoms with Crippen LogP contribution in [0.15, 0.2) is 42.5 Å². The highest BCUT2D eigenvalue weighted by atomic mass is 16.3. The highest BCUT2D eigenvalue weighted by Gasteiger charge is 2.45. The first-order chi connectivity index (χ1) is 12.7. The number of hydrogen-bond donors (Lipinski definition) is 1. The van der Waals surface area contributed by atoms with Crippen LogP contribution in [0.4, 0.5) is 5.69 Å². The third kappa shape index (κ3) is 2.91. The van der Waals surface area contributed by atoms with Gasteiger partial charge in [0.25, 0.3) is 5.91 Å². The average Bonchev–Trinajstić information content (AvgIpc) is 2.96. The summed E-state index contributed by atoms with van der Waals surface area (Å²) in [5, 5.41) is 11.3. The summed E-state index contributed by atoms with van der Waals surface area (Å²) in [6.45, 7) is 0.931. The molecule has 2 heterocycles. The maximum Gasteiger partial charge on any atom is 0.251 e. The Morgan fingerprint density at radius 2 is 1.85 bits per heavy atom. The van der Waals surface area contributed by atoms with Gasteiger partial charge in [0, 0.05) is 18.0 Å². The minimum Gasteiger partial charge on any atom is -0.396 e. The Kier molecular flexibility index (Phi) is 4.74. The van der Waals surface area contributed by atoms with Crippen LogP contribution in [0.5, 0.6) is 0 Å². The summed E-state index contributed by atoms with van der Waals surface area (Å²) < 4.78 is 0. The SMILES string of the molecule is O=C1C[C@H](N2CCCC[C@@H]2CCO)C(=O)N1c1cccc2ccccc12. The summed E-state index contributed by atoms with van der Waals surface area (Å²) in [6.07, 6.45) is 4.01. The fraction of sp³-hybridized carbons (Fsp3) is 0.429. The van der Waals surface area contributed by atoms with E-state index in [4.69, 9.17) is 0 Å². The van der Waals surface area contributed by atoms with Crippen molar-refractivity contribution >= 4 is 28.3 Å². The van der Waals surface area contributed by atoms with Crippen molar-refractivity contribution in [2.45, 2.75) is 44.2 Å². The number of carbonyl (C=O) groups excluding carboxylic acids is 2. The van der Waals surface area contributed by atoms with E-state index in [9.17, 15) is 14.7 Å². The van der Waals surface area contributed by atoms with Gasteiger partial charge in [-0.15, -0.1) is 0 Å². The lowest BCUT2D eigenvalue weighted by atomic mass is 9.97. The lowest BCUT2D eigenvalue weighted by Gasteiger charge is -2.38. The van der Waals surface area contributed by atoms with Gasteiger partial charge in [-0.25, -0.2) is 4.90 Å². The number of fused-ring (bicyclic) bond motifs is 1. The number of rotatable bonds is 4. The summed E-state index contributed by atoms with van der Waals surface area (Å²) in [5.74, 6) is -0.263.